The van der Waals surface area contributed by atoms with E-state index in [1.807, 2.05) is 24.3 Å². The van der Waals surface area contributed by atoms with E-state index >= 15 is 0 Å². The van der Waals surface area contributed by atoms with Gasteiger partial charge in [-0.1, -0.05) is 6.07 Å². The van der Waals surface area contributed by atoms with Crippen LogP contribution in [0.5, 0.6) is 5.75 Å². The van der Waals surface area contributed by atoms with E-state index in [1.165, 1.54) is 0 Å². The zero-order chi connectivity index (χ0) is 13.7. The molecule has 0 fully saturated rings. The Labute approximate surface area is 120 Å². The summed E-state index contributed by atoms with van der Waals surface area (Å²) < 4.78 is 16.4. The number of methoxy groups -OCH3 is 1. The second kappa shape index (κ2) is 6.75. The van der Waals surface area contributed by atoms with Gasteiger partial charge >= 0.3 is 0 Å². The largest absolute Gasteiger partial charge is 0.490 e. The van der Waals surface area contributed by atoms with E-state index in [-0.39, 0.29) is 6.04 Å². The Morgan fingerprint density at radius 1 is 1.26 bits per heavy atom. The van der Waals surface area contributed by atoms with Crippen molar-refractivity contribution >= 4 is 15.9 Å². The summed E-state index contributed by atoms with van der Waals surface area (Å²) in [6, 6.07) is 7.46. The summed E-state index contributed by atoms with van der Waals surface area (Å²) in [4.78, 5) is 0. The van der Waals surface area contributed by atoms with Crippen LogP contribution in [-0.2, 0) is 4.74 Å². The fourth-order valence-corrected chi connectivity index (χ4v) is 2.22. The number of rotatable bonds is 6. The Hall–Kier alpha value is -1.30. The highest BCUT2D eigenvalue weighted by Gasteiger charge is 2.12. The Morgan fingerprint density at radius 3 is 2.74 bits per heavy atom. The highest BCUT2D eigenvalue weighted by molar-refractivity contribution is 9.10. The SMILES string of the molecule is COCCOc1ccc(C(N)c2ccoc2)cc1Br. The lowest BCUT2D eigenvalue weighted by atomic mass is 10.0. The summed E-state index contributed by atoms with van der Waals surface area (Å²) in [6.07, 6.45) is 3.27. The molecule has 0 radical (unpaired) electrons. The monoisotopic (exact) mass is 325 g/mol. The number of hydrogen-bond acceptors (Lipinski definition) is 4. The number of halogens is 1. The molecular formula is C14H16BrNO3. The highest BCUT2D eigenvalue weighted by atomic mass is 79.9. The van der Waals surface area contributed by atoms with E-state index in [1.54, 1.807) is 19.6 Å². The minimum atomic E-state index is -0.205. The summed E-state index contributed by atoms with van der Waals surface area (Å²) >= 11 is 3.49. The molecule has 0 spiro atoms. The third kappa shape index (κ3) is 3.59. The molecule has 1 heterocycles. The van der Waals surface area contributed by atoms with Crippen LogP contribution < -0.4 is 10.5 Å². The van der Waals surface area contributed by atoms with Gasteiger partial charge in [0, 0.05) is 12.7 Å². The fraction of sp³-hybridized carbons (Fsp3) is 0.286. The van der Waals surface area contributed by atoms with Crippen molar-refractivity contribution in [1.82, 2.24) is 0 Å². The van der Waals surface area contributed by atoms with E-state index in [0.29, 0.717) is 13.2 Å². The maximum Gasteiger partial charge on any atom is 0.133 e. The van der Waals surface area contributed by atoms with Crippen molar-refractivity contribution in [2.75, 3.05) is 20.3 Å². The molecule has 1 aromatic heterocycles. The Bertz CT molecular complexity index is 513. The van der Waals surface area contributed by atoms with E-state index in [4.69, 9.17) is 19.6 Å². The van der Waals surface area contributed by atoms with Crippen LogP contribution in [0.2, 0.25) is 0 Å². The quantitative estimate of drug-likeness (QED) is 0.829. The molecule has 0 bridgehead atoms. The van der Waals surface area contributed by atoms with E-state index in [2.05, 4.69) is 15.9 Å². The van der Waals surface area contributed by atoms with Gasteiger partial charge in [0.1, 0.15) is 12.4 Å². The van der Waals surface area contributed by atoms with Crippen LogP contribution in [-0.4, -0.2) is 20.3 Å². The summed E-state index contributed by atoms with van der Waals surface area (Å²) in [6.45, 7) is 1.07. The van der Waals surface area contributed by atoms with Crippen molar-refractivity contribution in [2.24, 2.45) is 5.73 Å². The van der Waals surface area contributed by atoms with Crippen LogP contribution >= 0.6 is 15.9 Å². The first-order valence-corrected chi connectivity index (χ1v) is 6.70. The molecule has 4 nitrogen and oxygen atoms in total. The van der Waals surface area contributed by atoms with Gasteiger partial charge < -0.3 is 19.6 Å². The molecule has 0 aliphatic rings. The molecule has 19 heavy (non-hydrogen) atoms. The zero-order valence-corrected chi connectivity index (χ0v) is 12.2. The molecule has 5 heteroatoms. The summed E-state index contributed by atoms with van der Waals surface area (Å²) in [7, 11) is 1.64. The Morgan fingerprint density at radius 2 is 2.11 bits per heavy atom. The standard InChI is InChI=1S/C14H16BrNO3/c1-17-6-7-19-13-3-2-10(8-12(13)15)14(16)11-4-5-18-9-11/h2-5,8-9,14H,6-7,16H2,1H3. The minimum Gasteiger partial charge on any atom is -0.490 e. The fourth-order valence-electron chi connectivity index (χ4n) is 1.71. The van der Waals surface area contributed by atoms with Crippen molar-refractivity contribution in [1.29, 1.82) is 0 Å². The van der Waals surface area contributed by atoms with Crippen molar-refractivity contribution in [3.05, 3.63) is 52.4 Å². The van der Waals surface area contributed by atoms with Gasteiger partial charge in [-0.3, -0.25) is 0 Å². The Kier molecular flexibility index (Phi) is 5.01. The normalized spacial score (nSPS) is 12.4. The Balaban J connectivity index is 2.10. The van der Waals surface area contributed by atoms with Gasteiger partial charge in [-0.2, -0.15) is 0 Å². The van der Waals surface area contributed by atoms with Crippen LogP contribution in [0.3, 0.4) is 0 Å². The van der Waals surface area contributed by atoms with Crippen molar-refractivity contribution < 1.29 is 13.9 Å². The zero-order valence-electron chi connectivity index (χ0n) is 10.6. The topological polar surface area (TPSA) is 57.6 Å². The summed E-state index contributed by atoms with van der Waals surface area (Å²) in [5.41, 5.74) is 8.10. The van der Waals surface area contributed by atoms with Gasteiger partial charge in [0.2, 0.25) is 0 Å². The number of furan rings is 1. The predicted molar refractivity (Wildman–Crippen MR) is 76.3 cm³/mol. The molecule has 0 saturated heterocycles. The second-order valence-corrected chi connectivity index (χ2v) is 4.92. The van der Waals surface area contributed by atoms with Crippen LogP contribution in [0.15, 0.2) is 45.7 Å². The molecule has 102 valence electrons. The van der Waals surface area contributed by atoms with Crippen LogP contribution in [0.4, 0.5) is 0 Å². The lowest BCUT2D eigenvalue weighted by molar-refractivity contribution is 0.146. The molecule has 2 rings (SSSR count). The van der Waals surface area contributed by atoms with Crippen molar-refractivity contribution in [3.63, 3.8) is 0 Å². The van der Waals surface area contributed by atoms with Gasteiger partial charge in [0.05, 0.1) is 29.6 Å². The third-order valence-corrected chi connectivity index (χ3v) is 3.38. The molecule has 0 saturated carbocycles. The average molecular weight is 326 g/mol. The molecule has 1 atom stereocenters. The van der Waals surface area contributed by atoms with Gasteiger partial charge in [-0.15, -0.1) is 0 Å². The highest BCUT2D eigenvalue weighted by Crippen LogP contribution is 2.30. The van der Waals surface area contributed by atoms with E-state index in [0.717, 1.165) is 21.3 Å². The molecule has 0 aliphatic carbocycles. The number of ether oxygens (including phenoxy) is 2. The van der Waals surface area contributed by atoms with Gasteiger partial charge in [-0.05, 0) is 39.7 Å². The molecule has 1 aromatic carbocycles. The van der Waals surface area contributed by atoms with Crippen LogP contribution in [0, 0.1) is 0 Å². The molecule has 2 aromatic rings. The summed E-state index contributed by atoms with van der Waals surface area (Å²) in [5, 5.41) is 0. The number of nitrogens with two attached hydrogens (primary N) is 1. The second-order valence-electron chi connectivity index (χ2n) is 4.07. The predicted octanol–water partition coefficient (Wildman–Crippen LogP) is 3.12. The molecule has 1 unspecified atom stereocenters. The molecular weight excluding hydrogens is 310 g/mol. The van der Waals surface area contributed by atoms with E-state index < -0.39 is 0 Å². The lowest BCUT2D eigenvalue weighted by Gasteiger charge is -2.13. The van der Waals surface area contributed by atoms with E-state index in [9.17, 15) is 0 Å². The maximum absolute atomic E-state index is 6.16. The van der Waals surface area contributed by atoms with Gasteiger partial charge in [0.15, 0.2) is 0 Å². The first-order chi connectivity index (χ1) is 9.22. The van der Waals surface area contributed by atoms with Crippen molar-refractivity contribution in [2.45, 2.75) is 6.04 Å². The molecule has 0 amide bonds. The minimum absolute atomic E-state index is 0.205. The molecule has 2 N–H and O–H groups in total. The van der Waals surface area contributed by atoms with Crippen LogP contribution in [0.1, 0.15) is 17.2 Å². The van der Waals surface area contributed by atoms with Gasteiger partial charge in [0.25, 0.3) is 0 Å². The third-order valence-electron chi connectivity index (χ3n) is 2.76. The first-order valence-electron chi connectivity index (χ1n) is 5.91. The first kappa shape index (κ1) is 14.1. The maximum atomic E-state index is 6.16. The van der Waals surface area contributed by atoms with Gasteiger partial charge in [-0.25, -0.2) is 0 Å². The number of benzene rings is 1. The smallest absolute Gasteiger partial charge is 0.133 e. The molecule has 0 aliphatic heterocycles. The van der Waals surface area contributed by atoms with Crippen LogP contribution in [0.25, 0.3) is 0 Å². The average Bonchev–Trinajstić information content (AvgIpc) is 2.94. The summed E-state index contributed by atoms with van der Waals surface area (Å²) in [5.74, 6) is 0.778. The lowest BCUT2D eigenvalue weighted by Crippen LogP contribution is -2.11. The number of hydrogen-bond donors (Lipinski definition) is 1. The van der Waals surface area contributed by atoms with Crippen molar-refractivity contribution in [3.8, 4) is 5.75 Å².